The lowest BCUT2D eigenvalue weighted by Gasteiger charge is -2.18. The van der Waals surface area contributed by atoms with Crippen molar-refractivity contribution in [2.75, 3.05) is 23.9 Å². The van der Waals surface area contributed by atoms with Crippen molar-refractivity contribution >= 4 is 23.3 Å². The predicted octanol–water partition coefficient (Wildman–Crippen LogP) is 3.24. The van der Waals surface area contributed by atoms with Crippen molar-refractivity contribution in [3.63, 3.8) is 0 Å². The normalized spacial score (nSPS) is 16.5. The fourth-order valence-electron chi connectivity index (χ4n) is 2.99. The van der Waals surface area contributed by atoms with Crippen LogP contribution in [-0.2, 0) is 4.79 Å². The summed E-state index contributed by atoms with van der Waals surface area (Å²) in [6.45, 7) is 4.48. The average Bonchev–Trinajstić information content (AvgIpc) is 2.98. The van der Waals surface area contributed by atoms with Gasteiger partial charge in [-0.15, -0.1) is 0 Å². The second-order valence-corrected chi connectivity index (χ2v) is 6.50. The number of nitrogens with zero attached hydrogens (tertiary/aromatic N) is 1. The summed E-state index contributed by atoms with van der Waals surface area (Å²) in [5, 5.41) is 5.70. The monoisotopic (exact) mass is 353 g/mol. The quantitative estimate of drug-likeness (QED) is 0.886. The number of hydrogen-bond acceptors (Lipinski definition) is 3. The van der Waals surface area contributed by atoms with Crippen LogP contribution in [0, 0.1) is 13.8 Å². The zero-order valence-electron chi connectivity index (χ0n) is 15.2. The van der Waals surface area contributed by atoms with E-state index in [-0.39, 0.29) is 24.4 Å². The van der Waals surface area contributed by atoms with Crippen LogP contribution < -0.4 is 20.3 Å². The molecule has 6 nitrogen and oxygen atoms in total. The summed E-state index contributed by atoms with van der Waals surface area (Å²) in [7, 11) is 1.60. The summed E-state index contributed by atoms with van der Waals surface area (Å²) in [6.07, 6.45) is 0.284. The van der Waals surface area contributed by atoms with Crippen molar-refractivity contribution in [3.05, 3.63) is 53.6 Å². The van der Waals surface area contributed by atoms with Gasteiger partial charge in [-0.3, -0.25) is 4.79 Å². The topological polar surface area (TPSA) is 70.7 Å². The van der Waals surface area contributed by atoms with Gasteiger partial charge in [0, 0.05) is 24.3 Å². The Hall–Kier alpha value is -3.02. The first-order chi connectivity index (χ1) is 12.5. The lowest BCUT2D eigenvalue weighted by molar-refractivity contribution is -0.117. The second kappa shape index (κ2) is 7.47. The maximum Gasteiger partial charge on any atom is 0.319 e. The maximum absolute atomic E-state index is 12.3. The molecule has 1 fully saturated rings. The lowest BCUT2D eigenvalue weighted by Crippen LogP contribution is -2.39. The van der Waals surface area contributed by atoms with Crippen LogP contribution in [0.4, 0.5) is 16.2 Å². The minimum absolute atomic E-state index is 0.00773. The minimum Gasteiger partial charge on any atom is -0.497 e. The molecule has 1 unspecified atom stereocenters. The van der Waals surface area contributed by atoms with E-state index in [2.05, 4.69) is 10.6 Å². The molecule has 1 aliphatic heterocycles. The first-order valence-corrected chi connectivity index (χ1v) is 8.55. The van der Waals surface area contributed by atoms with Crippen molar-refractivity contribution in [2.24, 2.45) is 0 Å². The number of urea groups is 1. The first kappa shape index (κ1) is 17.8. The van der Waals surface area contributed by atoms with Crippen LogP contribution in [0.2, 0.25) is 0 Å². The van der Waals surface area contributed by atoms with E-state index in [0.717, 1.165) is 22.7 Å². The third-order valence-corrected chi connectivity index (χ3v) is 4.61. The van der Waals surface area contributed by atoms with E-state index >= 15 is 0 Å². The molecule has 2 aromatic carbocycles. The Morgan fingerprint density at radius 1 is 1.12 bits per heavy atom. The Labute approximate surface area is 153 Å². The number of amides is 3. The van der Waals surface area contributed by atoms with Crippen molar-refractivity contribution in [3.8, 4) is 5.75 Å². The van der Waals surface area contributed by atoms with E-state index in [9.17, 15) is 9.59 Å². The number of aryl methyl sites for hydroxylation is 2. The third kappa shape index (κ3) is 3.96. The Kier molecular flexibility index (Phi) is 5.11. The number of carbonyl (C=O) groups excluding carboxylic acids is 2. The molecule has 1 saturated heterocycles. The third-order valence-electron chi connectivity index (χ3n) is 4.61. The zero-order valence-corrected chi connectivity index (χ0v) is 15.2. The average molecular weight is 353 g/mol. The van der Waals surface area contributed by atoms with Crippen LogP contribution in [-0.4, -0.2) is 31.6 Å². The summed E-state index contributed by atoms with van der Waals surface area (Å²) < 4.78 is 5.14. The molecule has 0 bridgehead atoms. The number of methoxy groups -OCH3 is 1. The molecule has 1 heterocycles. The van der Waals surface area contributed by atoms with Gasteiger partial charge in [0.15, 0.2) is 0 Å². The fraction of sp³-hybridized carbons (Fsp3) is 0.300. The Bertz CT molecular complexity index is 818. The molecular formula is C20H23N3O3. The van der Waals surface area contributed by atoms with Crippen molar-refractivity contribution in [1.29, 1.82) is 0 Å². The van der Waals surface area contributed by atoms with Crippen LogP contribution in [0.15, 0.2) is 42.5 Å². The molecule has 0 saturated carbocycles. The van der Waals surface area contributed by atoms with Crippen molar-refractivity contribution < 1.29 is 14.3 Å². The zero-order chi connectivity index (χ0) is 18.7. The second-order valence-electron chi connectivity index (χ2n) is 6.50. The summed E-state index contributed by atoms with van der Waals surface area (Å²) >= 11 is 0. The number of carbonyl (C=O) groups is 2. The first-order valence-electron chi connectivity index (χ1n) is 8.55. The van der Waals surface area contributed by atoms with Gasteiger partial charge in [0.2, 0.25) is 5.91 Å². The summed E-state index contributed by atoms with van der Waals surface area (Å²) in [5.74, 6) is 0.731. The molecule has 0 radical (unpaired) electrons. The smallest absolute Gasteiger partial charge is 0.319 e. The van der Waals surface area contributed by atoms with Gasteiger partial charge < -0.3 is 20.3 Å². The number of benzene rings is 2. The van der Waals surface area contributed by atoms with Gasteiger partial charge in [-0.25, -0.2) is 4.79 Å². The van der Waals surface area contributed by atoms with Gasteiger partial charge in [-0.05, 0) is 61.4 Å². The number of hydrogen-bond donors (Lipinski definition) is 2. The molecular weight excluding hydrogens is 330 g/mol. The summed E-state index contributed by atoms with van der Waals surface area (Å²) in [5.41, 5.74) is 3.83. The van der Waals surface area contributed by atoms with E-state index in [0.29, 0.717) is 6.54 Å². The van der Waals surface area contributed by atoms with Crippen molar-refractivity contribution in [1.82, 2.24) is 5.32 Å². The fourth-order valence-corrected chi connectivity index (χ4v) is 2.99. The highest BCUT2D eigenvalue weighted by Crippen LogP contribution is 2.24. The molecule has 1 aliphatic rings. The lowest BCUT2D eigenvalue weighted by atomic mass is 10.1. The van der Waals surface area contributed by atoms with Gasteiger partial charge in [0.25, 0.3) is 0 Å². The number of ether oxygens (including phenoxy) is 1. The largest absolute Gasteiger partial charge is 0.497 e. The summed E-state index contributed by atoms with van der Waals surface area (Å²) in [4.78, 5) is 26.2. The molecule has 2 aromatic rings. The Morgan fingerprint density at radius 3 is 2.50 bits per heavy atom. The molecule has 6 heteroatoms. The van der Waals surface area contributed by atoms with Gasteiger partial charge >= 0.3 is 6.03 Å². The van der Waals surface area contributed by atoms with E-state index in [4.69, 9.17) is 4.74 Å². The van der Waals surface area contributed by atoms with Crippen LogP contribution in [0.25, 0.3) is 0 Å². The van der Waals surface area contributed by atoms with Gasteiger partial charge in [0.05, 0.1) is 13.2 Å². The van der Waals surface area contributed by atoms with Gasteiger partial charge in [-0.2, -0.15) is 0 Å². The SMILES string of the molecule is COc1ccc(N2CC(NC(=O)Nc3ccc(C)c(C)c3)CC2=O)cc1. The maximum atomic E-state index is 12.3. The molecule has 0 spiro atoms. The highest BCUT2D eigenvalue weighted by molar-refractivity contribution is 5.97. The van der Waals surface area contributed by atoms with Gasteiger partial charge in [-0.1, -0.05) is 6.07 Å². The van der Waals surface area contributed by atoms with Crippen LogP contribution >= 0.6 is 0 Å². The Balaban J connectivity index is 1.59. The van der Waals surface area contributed by atoms with E-state index in [1.165, 1.54) is 5.56 Å². The number of rotatable bonds is 4. The van der Waals surface area contributed by atoms with Gasteiger partial charge in [0.1, 0.15) is 5.75 Å². The molecule has 26 heavy (non-hydrogen) atoms. The minimum atomic E-state index is -0.303. The highest BCUT2D eigenvalue weighted by Gasteiger charge is 2.31. The number of anilines is 2. The van der Waals surface area contributed by atoms with Crippen molar-refractivity contribution in [2.45, 2.75) is 26.3 Å². The number of nitrogens with one attached hydrogen (secondary N) is 2. The van der Waals surface area contributed by atoms with Crippen LogP contribution in [0.3, 0.4) is 0 Å². The predicted molar refractivity (Wildman–Crippen MR) is 102 cm³/mol. The molecule has 136 valence electrons. The van der Waals surface area contributed by atoms with Crippen LogP contribution in [0.5, 0.6) is 5.75 Å². The summed E-state index contributed by atoms with van der Waals surface area (Å²) in [6, 6.07) is 12.5. The standard InChI is InChI=1S/C20H23N3O3/c1-13-4-5-15(10-14(13)2)21-20(25)22-16-11-19(24)23(12-16)17-6-8-18(26-3)9-7-17/h4-10,16H,11-12H2,1-3H3,(H2,21,22,25). The van der Waals surface area contributed by atoms with Crippen LogP contribution in [0.1, 0.15) is 17.5 Å². The Morgan fingerprint density at radius 2 is 1.85 bits per heavy atom. The molecule has 2 N–H and O–H groups in total. The molecule has 3 rings (SSSR count). The van der Waals surface area contributed by atoms with E-state index in [1.807, 2.05) is 56.3 Å². The molecule has 0 aliphatic carbocycles. The molecule has 1 atom stereocenters. The van der Waals surface area contributed by atoms with E-state index in [1.54, 1.807) is 12.0 Å². The highest BCUT2D eigenvalue weighted by atomic mass is 16.5. The van der Waals surface area contributed by atoms with E-state index < -0.39 is 0 Å². The molecule has 0 aromatic heterocycles. The molecule has 3 amide bonds.